The first-order valence-corrected chi connectivity index (χ1v) is 16.3. The minimum Gasteiger partial charge on any atom is -0.487 e. The molecule has 0 fully saturated rings. The summed E-state index contributed by atoms with van der Waals surface area (Å²) in [6.07, 6.45) is 14.2. The Kier molecular flexibility index (Phi) is 11.8. The summed E-state index contributed by atoms with van der Waals surface area (Å²) in [5.41, 5.74) is 9.71. The first-order valence-electron chi connectivity index (χ1n) is 16.3. The molecule has 1 aliphatic heterocycles. The number of rotatable bonds is 15. The van der Waals surface area contributed by atoms with E-state index in [1.54, 1.807) is 0 Å². The van der Waals surface area contributed by atoms with Crippen LogP contribution in [0.3, 0.4) is 0 Å². The third-order valence-electron chi connectivity index (χ3n) is 9.65. The lowest BCUT2D eigenvalue weighted by Crippen LogP contribution is -2.37. The van der Waals surface area contributed by atoms with Gasteiger partial charge in [0, 0.05) is 16.9 Å². The average Bonchev–Trinajstić information content (AvgIpc) is 2.89. The van der Waals surface area contributed by atoms with E-state index in [1.165, 1.54) is 90.4 Å². The van der Waals surface area contributed by atoms with Gasteiger partial charge in [0.05, 0.1) is 0 Å². The van der Waals surface area contributed by atoms with Crippen molar-refractivity contribution >= 4 is 11.4 Å². The minimum absolute atomic E-state index is 0.0685. The summed E-state index contributed by atoms with van der Waals surface area (Å²) in [6, 6.07) is 8.45. The molecule has 2 aromatic carbocycles. The van der Waals surface area contributed by atoms with Gasteiger partial charge >= 0.3 is 0 Å². The quantitative estimate of drug-likeness (QED) is 0.240. The van der Waals surface area contributed by atoms with Gasteiger partial charge in [0.1, 0.15) is 11.4 Å². The van der Waals surface area contributed by atoms with E-state index in [0.29, 0.717) is 0 Å². The molecular weight excluding hydrogens is 486 g/mol. The summed E-state index contributed by atoms with van der Waals surface area (Å²) in [6.45, 7) is 25.2. The third-order valence-corrected chi connectivity index (χ3v) is 9.65. The molecule has 2 aromatic rings. The Labute approximate surface area is 247 Å². The van der Waals surface area contributed by atoms with Crippen molar-refractivity contribution in [1.29, 1.82) is 0 Å². The van der Waals surface area contributed by atoms with E-state index in [9.17, 15) is 0 Å². The number of nitrogens with one attached hydrogen (secondary N) is 1. The van der Waals surface area contributed by atoms with E-state index in [2.05, 4.69) is 98.5 Å². The van der Waals surface area contributed by atoms with Gasteiger partial charge < -0.3 is 10.1 Å². The molecule has 2 nitrogen and oxygen atoms in total. The highest BCUT2D eigenvalue weighted by molar-refractivity contribution is 5.81. The van der Waals surface area contributed by atoms with Crippen LogP contribution in [0.4, 0.5) is 5.69 Å². The summed E-state index contributed by atoms with van der Waals surface area (Å²) in [4.78, 5) is 0. The van der Waals surface area contributed by atoms with Gasteiger partial charge in [-0.05, 0) is 106 Å². The van der Waals surface area contributed by atoms with Crippen molar-refractivity contribution in [2.24, 2.45) is 17.8 Å². The van der Waals surface area contributed by atoms with Crippen LogP contribution in [0, 0.1) is 45.4 Å². The van der Waals surface area contributed by atoms with Gasteiger partial charge in [0.2, 0.25) is 0 Å². The Morgan fingerprint density at radius 1 is 0.850 bits per heavy atom. The van der Waals surface area contributed by atoms with Gasteiger partial charge in [0.25, 0.3) is 0 Å². The largest absolute Gasteiger partial charge is 0.487 e. The Hall–Kier alpha value is -2.22. The van der Waals surface area contributed by atoms with Crippen molar-refractivity contribution in [1.82, 2.24) is 0 Å². The molecule has 2 heteroatoms. The molecule has 40 heavy (non-hydrogen) atoms. The Morgan fingerprint density at radius 3 is 2.08 bits per heavy atom. The van der Waals surface area contributed by atoms with Gasteiger partial charge in [-0.25, -0.2) is 0 Å². The molecular formula is C38H59NO. The van der Waals surface area contributed by atoms with Crippen molar-refractivity contribution in [2.75, 3.05) is 5.32 Å². The lowest BCUT2D eigenvalue weighted by molar-refractivity contribution is 0.0514. The molecule has 222 valence electrons. The number of fused-ring (bicyclic) bond motifs is 1. The molecule has 3 rings (SSSR count). The van der Waals surface area contributed by atoms with Gasteiger partial charge in [-0.3, -0.25) is 0 Å². The van der Waals surface area contributed by atoms with Crippen LogP contribution in [0.25, 0.3) is 5.70 Å². The van der Waals surface area contributed by atoms with Gasteiger partial charge in [-0.15, -0.1) is 0 Å². The maximum atomic E-state index is 6.87. The minimum atomic E-state index is -0.0685. The van der Waals surface area contributed by atoms with E-state index in [0.717, 1.165) is 48.5 Å². The second-order valence-electron chi connectivity index (χ2n) is 13.9. The first-order chi connectivity index (χ1) is 18.9. The Morgan fingerprint density at radius 2 is 1.45 bits per heavy atom. The predicted molar refractivity (Wildman–Crippen MR) is 177 cm³/mol. The van der Waals surface area contributed by atoms with Crippen LogP contribution < -0.4 is 10.1 Å². The number of ether oxygens (including phenoxy) is 1. The van der Waals surface area contributed by atoms with Gasteiger partial charge in [0.15, 0.2) is 0 Å². The third kappa shape index (κ3) is 8.64. The smallest absolute Gasteiger partial charge is 0.126 e. The van der Waals surface area contributed by atoms with Crippen molar-refractivity contribution in [3.8, 4) is 5.75 Å². The van der Waals surface area contributed by atoms with Crippen LogP contribution in [0.5, 0.6) is 5.75 Å². The molecule has 1 heterocycles. The number of hydrogen-bond acceptors (Lipinski definition) is 2. The molecule has 3 atom stereocenters. The molecule has 0 aromatic heterocycles. The zero-order valence-corrected chi connectivity index (χ0v) is 27.4. The fourth-order valence-corrected chi connectivity index (χ4v) is 6.61. The lowest BCUT2D eigenvalue weighted by atomic mass is 9.83. The first kappa shape index (κ1) is 32.3. The van der Waals surface area contributed by atoms with Crippen LogP contribution in [0.15, 0.2) is 30.8 Å². The number of benzene rings is 2. The topological polar surface area (TPSA) is 21.3 Å². The van der Waals surface area contributed by atoms with Crippen molar-refractivity contribution < 1.29 is 4.74 Å². The molecule has 0 radical (unpaired) electrons. The highest BCUT2D eigenvalue weighted by atomic mass is 16.5. The molecule has 0 saturated heterocycles. The van der Waals surface area contributed by atoms with Crippen LogP contribution in [0.2, 0.25) is 0 Å². The number of hydrogen-bond donors (Lipinski definition) is 1. The highest BCUT2D eigenvalue weighted by Crippen LogP contribution is 2.44. The summed E-state index contributed by atoms with van der Waals surface area (Å²) in [5.74, 6) is 3.67. The van der Waals surface area contributed by atoms with Crippen molar-refractivity contribution in [2.45, 2.75) is 139 Å². The SMILES string of the molecule is C=C(Nc1c(C)c(C)c2c(c1C)CCC(C)(CCCC(C)CCCC(C)CCCC(C)C)O2)c1ccccc1C. The monoisotopic (exact) mass is 545 g/mol. The van der Waals surface area contributed by atoms with Gasteiger partial charge in [-0.2, -0.15) is 0 Å². The van der Waals surface area contributed by atoms with E-state index in [4.69, 9.17) is 4.74 Å². The molecule has 0 aliphatic carbocycles. The predicted octanol–water partition coefficient (Wildman–Crippen LogP) is 11.5. The van der Waals surface area contributed by atoms with E-state index >= 15 is 0 Å². The number of anilines is 1. The Bertz CT molecular complexity index is 1130. The number of aryl methyl sites for hydroxylation is 1. The second kappa shape index (κ2) is 14.6. The maximum Gasteiger partial charge on any atom is 0.126 e. The van der Waals surface area contributed by atoms with Crippen LogP contribution in [-0.2, 0) is 6.42 Å². The molecule has 0 spiro atoms. The van der Waals surface area contributed by atoms with E-state index in [1.807, 2.05) is 0 Å². The molecule has 1 aliphatic rings. The molecule has 0 bridgehead atoms. The van der Waals surface area contributed by atoms with E-state index in [-0.39, 0.29) is 5.60 Å². The summed E-state index contributed by atoms with van der Waals surface area (Å²) in [5, 5.41) is 3.68. The zero-order chi connectivity index (χ0) is 29.4. The summed E-state index contributed by atoms with van der Waals surface area (Å²) >= 11 is 0. The fraction of sp³-hybridized carbons (Fsp3) is 0.632. The summed E-state index contributed by atoms with van der Waals surface area (Å²) in [7, 11) is 0. The standard InChI is InChI=1S/C38H59NO/c1-26(2)16-13-17-27(3)18-14-19-28(4)20-15-24-38(10)25-23-35-32(8)36(30(6)31(7)37(35)40-38)39-33(9)34-22-12-11-21-29(34)5/h11-12,21-22,26-28,39H,9,13-20,23-25H2,1-8,10H3. The Balaban J connectivity index is 1.54. The van der Waals surface area contributed by atoms with Crippen LogP contribution in [0.1, 0.15) is 132 Å². The van der Waals surface area contributed by atoms with Crippen LogP contribution in [-0.4, -0.2) is 5.60 Å². The fourth-order valence-electron chi connectivity index (χ4n) is 6.61. The van der Waals surface area contributed by atoms with Crippen molar-refractivity contribution in [3.05, 3.63) is 64.2 Å². The molecule has 0 amide bonds. The molecule has 0 saturated carbocycles. The zero-order valence-electron chi connectivity index (χ0n) is 27.4. The van der Waals surface area contributed by atoms with E-state index < -0.39 is 0 Å². The normalized spacial score (nSPS) is 18.2. The van der Waals surface area contributed by atoms with Gasteiger partial charge in [-0.1, -0.05) is 103 Å². The van der Waals surface area contributed by atoms with Crippen molar-refractivity contribution in [3.63, 3.8) is 0 Å². The second-order valence-corrected chi connectivity index (χ2v) is 13.9. The van der Waals surface area contributed by atoms with Crippen LogP contribution >= 0.6 is 0 Å². The lowest BCUT2D eigenvalue weighted by Gasteiger charge is -2.39. The highest BCUT2D eigenvalue weighted by Gasteiger charge is 2.34. The maximum absolute atomic E-state index is 6.87. The molecule has 3 unspecified atom stereocenters. The summed E-state index contributed by atoms with van der Waals surface area (Å²) < 4.78 is 6.87. The molecule has 1 N–H and O–H groups in total. The average molecular weight is 546 g/mol.